The first kappa shape index (κ1) is 13.6. The molecule has 1 amide bonds. The number of hydrogen-bond acceptors (Lipinski definition) is 2. The molecule has 0 spiro atoms. The molecule has 3 heteroatoms. The summed E-state index contributed by atoms with van der Waals surface area (Å²) in [7, 11) is 0. The Labute approximate surface area is 121 Å². The van der Waals surface area contributed by atoms with Crippen LogP contribution in [0.3, 0.4) is 0 Å². The van der Waals surface area contributed by atoms with Crippen LogP contribution in [-0.2, 0) is 11.2 Å². The van der Waals surface area contributed by atoms with Gasteiger partial charge in [-0.15, -0.1) is 0 Å². The van der Waals surface area contributed by atoms with Crippen molar-refractivity contribution >= 4 is 5.91 Å². The van der Waals surface area contributed by atoms with E-state index in [9.17, 15) is 4.79 Å². The van der Waals surface area contributed by atoms with Crippen LogP contribution in [-0.4, -0.2) is 22.9 Å². The molecule has 0 unspecified atom stereocenters. The second-order valence-electron chi connectivity index (χ2n) is 6.35. The molecule has 20 heavy (non-hydrogen) atoms. The SMILES string of the molecule is CC[C@@H]1c2ccccc2CCN1C(=O)CC1(N)CCC1. The number of nitrogens with zero attached hydrogens (tertiary/aromatic N) is 1. The number of carbonyl (C=O) groups excluding carboxylic acids is 1. The third kappa shape index (κ3) is 2.35. The van der Waals surface area contributed by atoms with Crippen LogP contribution in [0.15, 0.2) is 24.3 Å². The molecular formula is C17H24N2O. The number of nitrogens with two attached hydrogens (primary N) is 1. The topological polar surface area (TPSA) is 46.3 Å². The highest BCUT2D eigenvalue weighted by atomic mass is 16.2. The molecule has 1 aliphatic carbocycles. The van der Waals surface area contributed by atoms with Gasteiger partial charge in [0.05, 0.1) is 6.04 Å². The van der Waals surface area contributed by atoms with Crippen molar-refractivity contribution in [2.24, 2.45) is 5.73 Å². The Kier molecular flexibility index (Phi) is 3.55. The van der Waals surface area contributed by atoms with E-state index in [1.54, 1.807) is 0 Å². The summed E-state index contributed by atoms with van der Waals surface area (Å²) in [6.45, 7) is 3.00. The van der Waals surface area contributed by atoms with Crippen LogP contribution in [0.2, 0.25) is 0 Å². The van der Waals surface area contributed by atoms with Gasteiger partial charge in [-0.3, -0.25) is 4.79 Å². The first-order valence-electron chi connectivity index (χ1n) is 7.79. The molecule has 1 atom stereocenters. The smallest absolute Gasteiger partial charge is 0.224 e. The average molecular weight is 272 g/mol. The molecule has 2 N–H and O–H groups in total. The predicted molar refractivity (Wildman–Crippen MR) is 80.3 cm³/mol. The van der Waals surface area contributed by atoms with Crippen LogP contribution >= 0.6 is 0 Å². The first-order chi connectivity index (χ1) is 9.63. The lowest BCUT2D eigenvalue weighted by atomic mass is 9.75. The monoisotopic (exact) mass is 272 g/mol. The van der Waals surface area contributed by atoms with Gasteiger partial charge in [-0.25, -0.2) is 0 Å². The minimum atomic E-state index is -0.216. The van der Waals surface area contributed by atoms with Crippen molar-refractivity contribution in [3.63, 3.8) is 0 Å². The fraction of sp³-hybridized carbons (Fsp3) is 0.588. The largest absolute Gasteiger partial charge is 0.335 e. The van der Waals surface area contributed by atoms with Gasteiger partial charge in [0, 0.05) is 18.5 Å². The molecule has 0 bridgehead atoms. The second-order valence-corrected chi connectivity index (χ2v) is 6.35. The zero-order valence-corrected chi connectivity index (χ0v) is 12.3. The van der Waals surface area contributed by atoms with Crippen molar-refractivity contribution in [3.05, 3.63) is 35.4 Å². The number of carbonyl (C=O) groups is 1. The van der Waals surface area contributed by atoms with Gasteiger partial charge in [0.2, 0.25) is 5.91 Å². The van der Waals surface area contributed by atoms with Crippen molar-refractivity contribution < 1.29 is 4.79 Å². The maximum absolute atomic E-state index is 12.6. The summed E-state index contributed by atoms with van der Waals surface area (Å²) in [5.41, 5.74) is 8.75. The predicted octanol–water partition coefficient (Wildman–Crippen LogP) is 2.79. The third-order valence-corrected chi connectivity index (χ3v) is 4.97. The number of hydrogen-bond donors (Lipinski definition) is 1. The van der Waals surface area contributed by atoms with Gasteiger partial charge in [0.25, 0.3) is 0 Å². The molecular weight excluding hydrogens is 248 g/mol. The van der Waals surface area contributed by atoms with Gasteiger partial charge in [-0.1, -0.05) is 31.2 Å². The minimum Gasteiger partial charge on any atom is -0.335 e. The van der Waals surface area contributed by atoms with Crippen molar-refractivity contribution in [2.75, 3.05) is 6.54 Å². The normalized spacial score (nSPS) is 23.9. The molecule has 1 saturated carbocycles. The van der Waals surface area contributed by atoms with Gasteiger partial charge in [-0.05, 0) is 43.2 Å². The van der Waals surface area contributed by atoms with Gasteiger partial charge in [0.1, 0.15) is 0 Å². The van der Waals surface area contributed by atoms with E-state index in [1.165, 1.54) is 17.5 Å². The zero-order chi connectivity index (χ0) is 14.2. The van der Waals surface area contributed by atoms with Crippen molar-refractivity contribution in [1.29, 1.82) is 0 Å². The Bertz CT molecular complexity index is 507. The van der Waals surface area contributed by atoms with E-state index in [0.717, 1.165) is 32.2 Å². The van der Waals surface area contributed by atoms with E-state index in [-0.39, 0.29) is 17.5 Å². The summed E-state index contributed by atoms with van der Waals surface area (Å²) < 4.78 is 0. The van der Waals surface area contributed by atoms with Gasteiger partial charge >= 0.3 is 0 Å². The van der Waals surface area contributed by atoms with E-state index in [0.29, 0.717) is 6.42 Å². The summed E-state index contributed by atoms with van der Waals surface area (Å²) in [4.78, 5) is 14.7. The fourth-order valence-electron chi connectivity index (χ4n) is 3.60. The van der Waals surface area contributed by atoms with Crippen molar-refractivity contribution in [3.8, 4) is 0 Å². The number of fused-ring (bicyclic) bond motifs is 1. The molecule has 1 aromatic rings. The van der Waals surface area contributed by atoms with Crippen LogP contribution in [0.4, 0.5) is 0 Å². The Morgan fingerprint density at radius 1 is 1.40 bits per heavy atom. The molecule has 0 saturated heterocycles. The number of amides is 1. The standard InChI is InChI=1S/C17H24N2O/c1-2-15-14-7-4-3-6-13(14)8-11-19(15)16(20)12-17(18)9-5-10-17/h3-4,6-7,15H,2,5,8-12,18H2,1H3/t15-/m1/s1. The van der Waals surface area contributed by atoms with Gasteiger partial charge in [0.15, 0.2) is 0 Å². The molecule has 2 aliphatic rings. The maximum Gasteiger partial charge on any atom is 0.224 e. The molecule has 3 nitrogen and oxygen atoms in total. The second kappa shape index (κ2) is 5.21. The maximum atomic E-state index is 12.6. The highest BCUT2D eigenvalue weighted by Crippen LogP contribution is 2.36. The molecule has 108 valence electrons. The minimum absolute atomic E-state index is 0.216. The molecule has 1 fully saturated rings. The van der Waals surface area contributed by atoms with Gasteiger partial charge < -0.3 is 10.6 Å². The van der Waals surface area contributed by atoms with E-state index in [4.69, 9.17) is 5.73 Å². The summed E-state index contributed by atoms with van der Waals surface area (Å²) in [6, 6.07) is 8.76. The van der Waals surface area contributed by atoms with E-state index in [1.807, 2.05) is 0 Å². The van der Waals surface area contributed by atoms with E-state index in [2.05, 4.69) is 36.1 Å². The van der Waals surface area contributed by atoms with Crippen molar-refractivity contribution in [2.45, 2.75) is 57.0 Å². The molecule has 0 aromatic heterocycles. The van der Waals surface area contributed by atoms with Crippen LogP contribution in [0.25, 0.3) is 0 Å². The Balaban J connectivity index is 1.78. The zero-order valence-electron chi connectivity index (χ0n) is 12.3. The lowest BCUT2D eigenvalue weighted by Gasteiger charge is -2.42. The highest BCUT2D eigenvalue weighted by Gasteiger charge is 2.38. The molecule has 1 aliphatic heterocycles. The fourth-order valence-corrected chi connectivity index (χ4v) is 3.60. The Hall–Kier alpha value is -1.35. The Morgan fingerprint density at radius 3 is 2.80 bits per heavy atom. The summed E-state index contributed by atoms with van der Waals surface area (Å²) >= 11 is 0. The third-order valence-electron chi connectivity index (χ3n) is 4.97. The molecule has 1 heterocycles. The lowest BCUT2D eigenvalue weighted by molar-refractivity contribution is -0.136. The number of benzene rings is 1. The highest BCUT2D eigenvalue weighted by molar-refractivity contribution is 5.78. The van der Waals surface area contributed by atoms with Crippen LogP contribution in [0.1, 0.15) is 56.2 Å². The molecule has 0 radical (unpaired) electrons. The van der Waals surface area contributed by atoms with E-state index >= 15 is 0 Å². The summed E-state index contributed by atoms with van der Waals surface area (Å²) in [6.07, 6.45) is 5.63. The first-order valence-corrected chi connectivity index (χ1v) is 7.79. The Morgan fingerprint density at radius 2 is 2.15 bits per heavy atom. The van der Waals surface area contributed by atoms with Crippen LogP contribution < -0.4 is 5.73 Å². The summed E-state index contributed by atoms with van der Waals surface area (Å²) in [5, 5.41) is 0. The van der Waals surface area contributed by atoms with Crippen LogP contribution in [0, 0.1) is 0 Å². The quantitative estimate of drug-likeness (QED) is 0.919. The van der Waals surface area contributed by atoms with E-state index < -0.39 is 0 Å². The molecule has 1 aromatic carbocycles. The average Bonchev–Trinajstić information content (AvgIpc) is 2.44. The lowest BCUT2D eigenvalue weighted by Crippen LogP contribution is -2.51. The molecule has 3 rings (SSSR count). The van der Waals surface area contributed by atoms with Crippen molar-refractivity contribution in [1.82, 2.24) is 4.90 Å². The van der Waals surface area contributed by atoms with Crippen LogP contribution in [0.5, 0.6) is 0 Å². The van der Waals surface area contributed by atoms with Gasteiger partial charge in [-0.2, -0.15) is 0 Å². The summed E-state index contributed by atoms with van der Waals surface area (Å²) in [5.74, 6) is 0.244. The number of rotatable bonds is 3.